The van der Waals surface area contributed by atoms with Crippen LogP contribution in [-0.4, -0.2) is 20.1 Å². The van der Waals surface area contributed by atoms with Crippen LogP contribution in [0.3, 0.4) is 0 Å². The van der Waals surface area contributed by atoms with E-state index in [0.29, 0.717) is 0 Å². The minimum absolute atomic E-state index is 0.188. The van der Waals surface area contributed by atoms with Gasteiger partial charge in [-0.3, -0.25) is 0 Å². The van der Waals surface area contributed by atoms with Crippen molar-refractivity contribution in [3.05, 3.63) is 29.8 Å². The Kier molecular flexibility index (Phi) is 4.36. The second-order valence-corrected chi connectivity index (χ2v) is 5.33. The highest BCUT2D eigenvalue weighted by Crippen LogP contribution is 2.31. The third-order valence-electron chi connectivity index (χ3n) is 2.82. The summed E-state index contributed by atoms with van der Waals surface area (Å²) in [5.41, 5.74) is 8.46. The summed E-state index contributed by atoms with van der Waals surface area (Å²) < 4.78 is 0. The molecule has 1 aromatic rings. The molecule has 16 heavy (non-hydrogen) atoms. The standard InChI is InChI=1S/C14H24N2/c1-14(2,3)12-8-5-6-9-13(12)16(4)11-7-10-15/h5-6,8-9H,7,10-11,15H2,1-4H3. The molecular formula is C14H24N2. The molecule has 0 atom stereocenters. The van der Waals surface area contributed by atoms with Gasteiger partial charge in [0.15, 0.2) is 0 Å². The monoisotopic (exact) mass is 220 g/mol. The van der Waals surface area contributed by atoms with Crippen LogP contribution in [0, 0.1) is 0 Å². The number of nitrogens with two attached hydrogens (primary N) is 1. The van der Waals surface area contributed by atoms with E-state index in [4.69, 9.17) is 5.73 Å². The molecule has 2 heteroatoms. The van der Waals surface area contributed by atoms with Crippen LogP contribution in [0.5, 0.6) is 0 Å². The van der Waals surface area contributed by atoms with E-state index in [-0.39, 0.29) is 5.41 Å². The molecule has 0 aliphatic heterocycles. The third-order valence-corrected chi connectivity index (χ3v) is 2.82. The maximum atomic E-state index is 5.55. The molecule has 1 aromatic carbocycles. The van der Waals surface area contributed by atoms with Crippen molar-refractivity contribution in [3.8, 4) is 0 Å². The van der Waals surface area contributed by atoms with Crippen molar-refractivity contribution in [2.45, 2.75) is 32.6 Å². The van der Waals surface area contributed by atoms with Crippen LogP contribution in [0.1, 0.15) is 32.8 Å². The molecule has 0 aliphatic rings. The molecule has 0 fully saturated rings. The van der Waals surface area contributed by atoms with Gasteiger partial charge in [-0.2, -0.15) is 0 Å². The third kappa shape index (κ3) is 3.24. The summed E-state index contributed by atoms with van der Waals surface area (Å²) in [7, 11) is 2.14. The van der Waals surface area contributed by atoms with Gasteiger partial charge in [-0.25, -0.2) is 0 Å². The first-order valence-corrected chi connectivity index (χ1v) is 5.97. The van der Waals surface area contributed by atoms with E-state index in [2.05, 4.69) is 57.0 Å². The van der Waals surface area contributed by atoms with Crippen LogP contribution in [0.15, 0.2) is 24.3 Å². The topological polar surface area (TPSA) is 29.3 Å². The first-order chi connectivity index (χ1) is 7.46. The molecule has 0 bridgehead atoms. The van der Waals surface area contributed by atoms with Crippen molar-refractivity contribution in [1.29, 1.82) is 0 Å². The first kappa shape index (κ1) is 13.0. The lowest BCUT2D eigenvalue weighted by Crippen LogP contribution is -2.25. The highest BCUT2D eigenvalue weighted by Gasteiger charge is 2.18. The zero-order chi connectivity index (χ0) is 12.2. The second-order valence-electron chi connectivity index (χ2n) is 5.33. The SMILES string of the molecule is CN(CCCN)c1ccccc1C(C)(C)C. The molecule has 2 N–H and O–H groups in total. The predicted octanol–water partition coefficient (Wildman–Crippen LogP) is 2.77. The van der Waals surface area contributed by atoms with Crippen LogP contribution in [0.4, 0.5) is 5.69 Å². The van der Waals surface area contributed by atoms with Crippen molar-refractivity contribution >= 4 is 5.69 Å². The van der Waals surface area contributed by atoms with Gasteiger partial charge >= 0.3 is 0 Å². The van der Waals surface area contributed by atoms with Crippen molar-refractivity contribution in [2.24, 2.45) is 5.73 Å². The number of para-hydroxylation sites is 1. The normalized spacial score (nSPS) is 11.6. The molecule has 0 spiro atoms. The second kappa shape index (κ2) is 5.35. The van der Waals surface area contributed by atoms with Gasteiger partial charge in [0.25, 0.3) is 0 Å². The quantitative estimate of drug-likeness (QED) is 0.845. The van der Waals surface area contributed by atoms with Crippen LogP contribution in [0.2, 0.25) is 0 Å². The number of anilines is 1. The summed E-state index contributed by atoms with van der Waals surface area (Å²) in [6, 6.07) is 8.62. The van der Waals surface area contributed by atoms with E-state index in [0.717, 1.165) is 19.5 Å². The Hall–Kier alpha value is -1.02. The average molecular weight is 220 g/mol. The van der Waals surface area contributed by atoms with E-state index in [1.807, 2.05) is 0 Å². The minimum Gasteiger partial charge on any atom is -0.374 e. The van der Waals surface area contributed by atoms with Gasteiger partial charge < -0.3 is 10.6 Å². The molecule has 0 aromatic heterocycles. The van der Waals surface area contributed by atoms with E-state index < -0.39 is 0 Å². The molecule has 2 nitrogen and oxygen atoms in total. The molecule has 0 unspecified atom stereocenters. The fraction of sp³-hybridized carbons (Fsp3) is 0.571. The van der Waals surface area contributed by atoms with Crippen molar-refractivity contribution in [3.63, 3.8) is 0 Å². The first-order valence-electron chi connectivity index (χ1n) is 5.97. The number of nitrogens with zero attached hydrogens (tertiary/aromatic N) is 1. The zero-order valence-corrected chi connectivity index (χ0v) is 11.0. The van der Waals surface area contributed by atoms with E-state index in [1.54, 1.807) is 0 Å². The largest absolute Gasteiger partial charge is 0.374 e. The Balaban J connectivity index is 2.94. The van der Waals surface area contributed by atoms with Gasteiger partial charge in [-0.15, -0.1) is 0 Å². The van der Waals surface area contributed by atoms with Gasteiger partial charge in [0.05, 0.1) is 0 Å². The molecule has 0 radical (unpaired) electrons. The predicted molar refractivity (Wildman–Crippen MR) is 72.1 cm³/mol. The smallest absolute Gasteiger partial charge is 0.0401 e. The van der Waals surface area contributed by atoms with Gasteiger partial charge in [-0.1, -0.05) is 39.0 Å². The Labute approximate surface area is 99.5 Å². The molecule has 1 rings (SSSR count). The van der Waals surface area contributed by atoms with Gasteiger partial charge in [-0.05, 0) is 30.0 Å². The highest BCUT2D eigenvalue weighted by molar-refractivity contribution is 5.55. The Morgan fingerprint density at radius 1 is 1.19 bits per heavy atom. The van der Waals surface area contributed by atoms with Crippen LogP contribution >= 0.6 is 0 Å². The fourth-order valence-corrected chi connectivity index (χ4v) is 1.89. The molecular weight excluding hydrogens is 196 g/mol. The molecule has 0 amide bonds. The summed E-state index contributed by atoms with van der Waals surface area (Å²) in [6.45, 7) is 8.53. The Morgan fingerprint density at radius 3 is 2.38 bits per heavy atom. The van der Waals surface area contributed by atoms with E-state index >= 15 is 0 Å². The summed E-state index contributed by atoms with van der Waals surface area (Å²) in [4.78, 5) is 2.30. The summed E-state index contributed by atoms with van der Waals surface area (Å²) >= 11 is 0. The van der Waals surface area contributed by atoms with Crippen molar-refractivity contribution in [2.75, 3.05) is 25.0 Å². The number of hydrogen-bond donors (Lipinski definition) is 1. The molecule has 90 valence electrons. The van der Waals surface area contributed by atoms with Crippen LogP contribution in [0.25, 0.3) is 0 Å². The molecule has 0 heterocycles. The Bertz CT molecular complexity index is 326. The Morgan fingerprint density at radius 2 is 1.81 bits per heavy atom. The van der Waals surface area contributed by atoms with Crippen molar-refractivity contribution in [1.82, 2.24) is 0 Å². The molecule has 0 saturated heterocycles. The van der Waals surface area contributed by atoms with E-state index in [1.165, 1.54) is 11.3 Å². The van der Waals surface area contributed by atoms with Crippen LogP contribution < -0.4 is 10.6 Å². The number of hydrogen-bond acceptors (Lipinski definition) is 2. The number of rotatable bonds is 4. The van der Waals surface area contributed by atoms with Gasteiger partial charge in [0.2, 0.25) is 0 Å². The molecule has 0 saturated carbocycles. The van der Waals surface area contributed by atoms with Crippen molar-refractivity contribution < 1.29 is 0 Å². The lowest BCUT2D eigenvalue weighted by atomic mass is 9.85. The average Bonchev–Trinajstić information content (AvgIpc) is 2.24. The minimum atomic E-state index is 0.188. The van der Waals surface area contributed by atoms with Crippen LogP contribution in [-0.2, 0) is 5.41 Å². The van der Waals surface area contributed by atoms with Gasteiger partial charge in [0.1, 0.15) is 0 Å². The highest BCUT2D eigenvalue weighted by atomic mass is 15.1. The number of benzene rings is 1. The maximum Gasteiger partial charge on any atom is 0.0401 e. The zero-order valence-electron chi connectivity index (χ0n) is 11.0. The lowest BCUT2D eigenvalue weighted by Gasteiger charge is -2.28. The molecule has 0 aliphatic carbocycles. The summed E-state index contributed by atoms with van der Waals surface area (Å²) in [6.07, 6.45) is 1.04. The summed E-state index contributed by atoms with van der Waals surface area (Å²) in [5, 5.41) is 0. The van der Waals surface area contributed by atoms with Gasteiger partial charge in [0, 0.05) is 19.3 Å². The van der Waals surface area contributed by atoms with E-state index in [9.17, 15) is 0 Å². The fourth-order valence-electron chi connectivity index (χ4n) is 1.89. The maximum absolute atomic E-state index is 5.55. The lowest BCUT2D eigenvalue weighted by molar-refractivity contribution is 0.588. The summed E-state index contributed by atoms with van der Waals surface area (Å²) in [5.74, 6) is 0.